The van der Waals surface area contributed by atoms with Gasteiger partial charge in [0.15, 0.2) is 0 Å². The number of carboxylic acids is 1. The van der Waals surface area contributed by atoms with Crippen molar-refractivity contribution in [2.24, 2.45) is 17.8 Å². The highest BCUT2D eigenvalue weighted by atomic mass is 16.4. The van der Waals surface area contributed by atoms with Gasteiger partial charge < -0.3 is 10.0 Å². The summed E-state index contributed by atoms with van der Waals surface area (Å²) in [5.74, 6) is 0.103. The molecule has 0 aromatic rings. The molecule has 4 heteroatoms. The second-order valence-corrected chi connectivity index (χ2v) is 5.78. The molecule has 0 aromatic heterocycles. The van der Waals surface area contributed by atoms with E-state index in [1.54, 1.807) is 4.90 Å². The SMILES string of the molecule is CC(C)CC(=O)N1CC2CCCC2C1C(=O)O. The second-order valence-electron chi connectivity index (χ2n) is 5.78. The van der Waals surface area contributed by atoms with Crippen LogP contribution in [-0.2, 0) is 9.59 Å². The zero-order valence-electron chi connectivity index (χ0n) is 10.6. The van der Waals surface area contributed by atoms with Crippen LogP contribution in [0.15, 0.2) is 0 Å². The Morgan fingerprint density at radius 1 is 1.35 bits per heavy atom. The van der Waals surface area contributed by atoms with Crippen molar-refractivity contribution < 1.29 is 14.7 Å². The normalized spacial score (nSPS) is 31.9. The lowest BCUT2D eigenvalue weighted by Crippen LogP contribution is -2.43. The van der Waals surface area contributed by atoms with Gasteiger partial charge in [-0.3, -0.25) is 4.79 Å². The van der Waals surface area contributed by atoms with E-state index in [-0.39, 0.29) is 17.7 Å². The number of fused-ring (bicyclic) bond motifs is 1. The fraction of sp³-hybridized carbons (Fsp3) is 0.846. The molecular weight excluding hydrogens is 218 g/mol. The molecular formula is C13H21NO3. The smallest absolute Gasteiger partial charge is 0.326 e. The van der Waals surface area contributed by atoms with Crippen molar-refractivity contribution in [3.8, 4) is 0 Å². The first-order chi connectivity index (χ1) is 8.00. The van der Waals surface area contributed by atoms with Gasteiger partial charge in [0.2, 0.25) is 5.91 Å². The summed E-state index contributed by atoms with van der Waals surface area (Å²) in [5, 5.41) is 9.32. The fourth-order valence-electron chi connectivity index (χ4n) is 3.35. The van der Waals surface area contributed by atoms with Gasteiger partial charge >= 0.3 is 5.97 Å². The number of hydrogen-bond acceptors (Lipinski definition) is 2. The quantitative estimate of drug-likeness (QED) is 0.816. The topological polar surface area (TPSA) is 57.6 Å². The maximum Gasteiger partial charge on any atom is 0.326 e. The van der Waals surface area contributed by atoms with Crippen LogP contribution in [-0.4, -0.2) is 34.5 Å². The lowest BCUT2D eigenvalue weighted by Gasteiger charge is -2.25. The highest BCUT2D eigenvalue weighted by molar-refractivity contribution is 5.84. The van der Waals surface area contributed by atoms with Crippen molar-refractivity contribution in [3.63, 3.8) is 0 Å². The van der Waals surface area contributed by atoms with Crippen LogP contribution in [0.1, 0.15) is 39.5 Å². The summed E-state index contributed by atoms with van der Waals surface area (Å²) in [6.07, 6.45) is 3.63. The van der Waals surface area contributed by atoms with Gasteiger partial charge in [0.05, 0.1) is 0 Å². The molecule has 0 aromatic carbocycles. The van der Waals surface area contributed by atoms with Crippen LogP contribution in [0.4, 0.5) is 0 Å². The monoisotopic (exact) mass is 239 g/mol. The minimum Gasteiger partial charge on any atom is -0.480 e. The van der Waals surface area contributed by atoms with E-state index in [4.69, 9.17) is 0 Å². The van der Waals surface area contributed by atoms with Crippen LogP contribution in [0.5, 0.6) is 0 Å². The summed E-state index contributed by atoms with van der Waals surface area (Å²) >= 11 is 0. The van der Waals surface area contributed by atoms with Gasteiger partial charge in [-0.1, -0.05) is 20.3 Å². The summed E-state index contributed by atoms with van der Waals surface area (Å²) in [4.78, 5) is 25.0. The molecule has 1 amide bonds. The molecule has 0 spiro atoms. The van der Waals surface area contributed by atoms with Crippen LogP contribution in [0.25, 0.3) is 0 Å². The van der Waals surface area contributed by atoms with Crippen molar-refractivity contribution in [1.29, 1.82) is 0 Å². The van der Waals surface area contributed by atoms with Gasteiger partial charge in [0, 0.05) is 13.0 Å². The van der Waals surface area contributed by atoms with E-state index in [1.165, 1.54) is 0 Å². The number of rotatable bonds is 3. The minimum atomic E-state index is -0.823. The molecule has 1 saturated carbocycles. The molecule has 2 fully saturated rings. The van der Waals surface area contributed by atoms with Crippen LogP contribution >= 0.6 is 0 Å². The van der Waals surface area contributed by atoms with Crippen molar-refractivity contribution in [1.82, 2.24) is 4.90 Å². The second kappa shape index (κ2) is 4.67. The van der Waals surface area contributed by atoms with E-state index < -0.39 is 12.0 Å². The lowest BCUT2D eigenvalue weighted by molar-refractivity contribution is -0.149. The number of aliphatic carboxylic acids is 1. The zero-order chi connectivity index (χ0) is 12.6. The van der Waals surface area contributed by atoms with E-state index in [2.05, 4.69) is 0 Å². The Kier molecular flexibility index (Phi) is 3.40. The first-order valence-corrected chi connectivity index (χ1v) is 6.53. The number of carbonyl (C=O) groups excluding carboxylic acids is 1. The van der Waals surface area contributed by atoms with Crippen LogP contribution in [0.2, 0.25) is 0 Å². The van der Waals surface area contributed by atoms with Gasteiger partial charge in [0.25, 0.3) is 0 Å². The Morgan fingerprint density at radius 2 is 2.06 bits per heavy atom. The molecule has 3 unspecified atom stereocenters. The number of hydrogen-bond donors (Lipinski definition) is 1. The van der Waals surface area contributed by atoms with Crippen LogP contribution in [0.3, 0.4) is 0 Å². The number of likely N-dealkylation sites (tertiary alicyclic amines) is 1. The Hall–Kier alpha value is -1.06. The van der Waals surface area contributed by atoms with Gasteiger partial charge in [-0.25, -0.2) is 4.79 Å². The van der Waals surface area contributed by atoms with Crippen molar-refractivity contribution >= 4 is 11.9 Å². The predicted molar refractivity (Wildman–Crippen MR) is 63.4 cm³/mol. The largest absolute Gasteiger partial charge is 0.480 e. The van der Waals surface area contributed by atoms with E-state index >= 15 is 0 Å². The van der Waals surface area contributed by atoms with Gasteiger partial charge in [-0.05, 0) is 30.6 Å². The third-order valence-electron chi connectivity index (χ3n) is 4.05. The average Bonchev–Trinajstić information content (AvgIpc) is 2.72. The van der Waals surface area contributed by atoms with E-state index in [0.29, 0.717) is 18.9 Å². The molecule has 0 bridgehead atoms. The average molecular weight is 239 g/mol. The third kappa shape index (κ3) is 2.31. The summed E-state index contributed by atoms with van der Waals surface area (Å²) in [6.45, 7) is 4.64. The first-order valence-electron chi connectivity index (χ1n) is 6.53. The minimum absolute atomic E-state index is 0.0156. The Balaban J connectivity index is 2.11. The van der Waals surface area contributed by atoms with E-state index in [9.17, 15) is 14.7 Å². The van der Waals surface area contributed by atoms with Crippen molar-refractivity contribution in [2.45, 2.75) is 45.6 Å². The number of nitrogens with zero attached hydrogens (tertiary/aromatic N) is 1. The molecule has 1 aliphatic carbocycles. The number of amides is 1. The van der Waals surface area contributed by atoms with Crippen molar-refractivity contribution in [2.75, 3.05) is 6.54 Å². The Labute approximate surface area is 102 Å². The van der Waals surface area contributed by atoms with Gasteiger partial charge in [-0.2, -0.15) is 0 Å². The molecule has 3 atom stereocenters. The highest BCUT2D eigenvalue weighted by Crippen LogP contribution is 2.42. The standard InChI is InChI=1S/C13H21NO3/c1-8(2)6-11(15)14-7-9-4-3-5-10(9)12(14)13(16)17/h8-10,12H,3-7H2,1-2H3,(H,16,17). The van der Waals surface area contributed by atoms with Gasteiger partial charge in [-0.15, -0.1) is 0 Å². The Morgan fingerprint density at radius 3 is 2.65 bits per heavy atom. The summed E-state index contributed by atoms with van der Waals surface area (Å²) in [5.41, 5.74) is 0. The maximum absolute atomic E-state index is 12.1. The molecule has 0 radical (unpaired) electrons. The molecule has 1 saturated heterocycles. The Bertz CT molecular complexity index is 327. The predicted octanol–water partition coefficient (Wildman–Crippen LogP) is 1.74. The van der Waals surface area contributed by atoms with E-state index in [0.717, 1.165) is 19.3 Å². The van der Waals surface area contributed by atoms with Crippen LogP contribution < -0.4 is 0 Å². The van der Waals surface area contributed by atoms with Gasteiger partial charge in [0.1, 0.15) is 6.04 Å². The molecule has 17 heavy (non-hydrogen) atoms. The molecule has 96 valence electrons. The molecule has 1 heterocycles. The first kappa shape index (κ1) is 12.4. The number of carbonyl (C=O) groups is 2. The summed E-state index contributed by atoms with van der Waals surface area (Å²) in [7, 11) is 0. The number of carboxylic acid groups (broad SMARTS) is 1. The molecule has 2 rings (SSSR count). The third-order valence-corrected chi connectivity index (χ3v) is 4.05. The molecule has 1 N–H and O–H groups in total. The lowest BCUT2D eigenvalue weighted by atomic mass is 9.94. The highest BCUT2D eigenvalue weighted by Gasteiger charge is 2.49. The molecule has 1 aliphatic heterocycles. The van der Waals surface area contributed by atoms with Crippen molar-refractivity contribution in [3.05, 3.63) is 0 Å². The molecule has 4 nitrogen and oxygen atoms in total. The maximum atomic E-state index is 12.1. The zero-order valence-corrected chi connectivity index (χ0v) is 10.6. The summed E-state index contributed by atoms with van der Waals surface area (Å²) in [6, 6.07) is -0.561. The molecule has 2 aliphatic rings. The van der Waals surface area contributed by atoms with E-state index in [1.807, 2.05) is 13.8 Å². The fourth-order valence-corrected chi connectivity index (χ4v) is 3.35. The summed E-state index contributed by atoms with van der Waals surface area (Å²) < 4.78 is 0. The van der Waals surface area contributed by atoms with Crippen LogP contribution in [0, 0.1) is 17.8 Å².